The van der Waals surface area contributed by atoms with Crippen LogP contribution in [0.15, 0.2) is 0 Å². The number of nitrogens with one attached hydrogen (secondary N) is 2. The third-order valence-corrected chi connectivity index (χ3v) is 5.29. The van der Waals surface area contributed by atoms with Gasteiger partial charge in [0.15, 0.2) is 0 Å². The fourth-order valence-corrected chi connectivity index (χ4v) is 4.29. The second-order valence-corrected chi connectivity index (χ2v) is 6.67. The van der Waals surface area contributed by atoms with E-state index in [1.54, 1.807) is 0 Å². The minimum atomic E-state index is 0.0517. The number of anilines is 1. The van der Waals surface area contributed by atoms with Gasteiger partial charge in [-0.3, -0.25) is 14.8 Å². The minimum absolute atomic E-state index is 0.0517. The molecule has 0 aliphatic carbocycles. The molecule has 4 rings (SSSR count). The van der Waals surface area contributed by atoms with Gasteiger partial charge in [0.1, 0.15) is 0 Å². The molecule has 3 aliphatic heterocycles. The fraction of sp³-hybridized carbons (Fsp3) is 0.733. The summed E-state index contributed by atoms with van der Waals surface area (Å²) in [6.45, 7) is 6.29. The van der Waals surface area contributed by atoms with Crippen molar-refractivity contribution in [2.45, 2.75) is 38.9 Å². The topological polar surface area (TPSA) is 70.2 Å². The van der Waals surface area contributed by atoms with Crippen molar-refractivity contribution < 1.29 is 9.53 Å². The summed E-state index contributed by atoms with van der Waals surface area (Å²) < 4.78 is 5.97. The first-order valence-corrected chi connectivity index (χ1v) is 7.81. The highest BCUT2D eigenvalue weighted by molar-refractivity contribution is 5.93. The number of ether oxygens (including phenoxy) is 1. The molecule has 1 amide bonds. The first kappa shape index (κ1) is 13.3. The van der Waals surface area contributed by atoms with E-state index < -0.39 is 0 Å². The van der Waals surface area contributed by atoms with Crippen molar-refractivity contribution in [3.8, 4) is 0 Å². The van der Waals surface area contributed by atoms with Crippen LogP contribution in [0.5, 0.6) is 0 Å². The largest absolute Gasteiger partial charge is 0.374 e. The second kappa shape index (κ2) is 4.81. The Hall–Kier alpha value is -1.40. The second-order valence-electron chi connectivity index (χ2n) is 6.67. The molecule has 6 heteroatoms. The van der Waals surface area contributed by atoms with Gasteiger partial charge in [0.05, 0.1) is 35.8 Å². The lowest BCUT2D eigenvalue weighted by molar-refractivity contribution is -0.117. The molecule has 3 aliphatic rings. The quantitative estimate of drug-likeness (QED) is 0.874. The highest BCUT2D eigenvalue weighted by Crippen LogP contribution is 2.47. The van der Waals surface area contributed by atoms with E-state index in [0.29, 0.717) is 30.6 Å². The molecule has 3 fully saturated rings. The molecule has 1 aromatic heterocycles. The highest BCUT2D eigenvalue weighted by Gasteiger charge is 2.52. The van der Waals surface area contributed by atoms with Crippen LogP contribution in [0, 0.1) is 25.7 Å². The summed E-state index contributed by atoms with van der Waals surface area (Å²) in [6.07, 6.45) is 3.32. The lowest BCUT2D eigenvalue weighted by Crippen LogP contribution is -2.33. The van der Waals surface area contributed by atoms with Gasteiger partial charge in [0, 0.05) is 24.9 Å². The van der Waals surface area contributed by atoms with Gasteiger partial charge in [-0.2, -0.15) is 5.10 Å². The van der Waals surface area contributed by atoms with Crippen molar-refractivity contribution in [2.75, 3.05) is 25.0 Å². The van der Waals surface area contributed by atoms with E-state index in [1.807, 2.05) is 13.8 Å². The zero-order valence-corrected chi connectivity index (χ0v) is 12.6. The average molecular weight is 290 g/mol. The number of aromatic amines is 1. The van der Waals surface area contributed by atoms with Crippen molar-refractivity contribution >= 4 is 11.6 Å². The zero-order valence-electron chi connectivity index (χ0n) is 12.6. The summed E-state index contributed by atoms with van der Waals surface area (Å²) in [5.74, 6) is 1.35. The number of hydrogen-bond acceptors (Lipinski definition) is 4. The van der Waals surface area contributed by atoms with Crippen LogP contribution in [-0.2, 0) is 9.53 Å². The maximum Gasteiger partial charge on any atom is 0.238 e. The van der Waals surface area contributed by atoms with Crippen molar-refractivity contribution in [3.63, 3.8) is 0 Å². The van der Waals surface area contributed by atoms with Crippen LogP contribution < -0.4 is 5.32 Å². The van der Waals surface area contributed by atoms with Crippen LogP contribution in [0.25, 0.3) is 0 Å². The number of hydrogen-bond donors (Lipinski definition) is 2. The Bertz CT molecular complexity index is 533. The molecular formula is C15H22N4O2. The summed E-state index contributed by atoms with van der Waals surface area (Å²) >= 11 is 0. The molecule has 0 saturated carbocycles. The van der Waals surface area contributed by atoms with Gasteiger partial charge in [-0.15, -0.1) is 0 Å². The van der Waals surface area contributed by atoms with E-state index in [9.17, 15) is 4.79 Å². The van der Waals surface area contributed by atoms with E-state index >= 15 is 0 Å². The predicted molar refractivity (Wildman–Crippen MR) is 78.0 cm³/mol. The van der Waals surface area contributed by atoms with Gasteiger partial charge in [-0.1, -0.05) is 0 Å². The Kier molecular flexibility index (Phi) is 3.04. The third-order valence-electron chi connectivity index (χ3n) is 5.29. The van der Waals surface area contributed by atoms with E-state index in [1.165, 1.54) is 12.8 Å². The lowest BCUT2D eigenvalue weighted by atomic mass is 9.82. The minimum Gasteiger partial charge on any atom is -0.374 e. The molecule has 0 aromatic carbocycles. The number of carbonyl (C=O) groups excluding carboxylic acids is 1. The first-order valence-electron chi connectivity index (χ1n) is 7.81. The number of nitrogens with zero attached hydrogens (tertiary/aromatic N) is 2. The summed E-state index contributed by atoms with van der Waals surface area (Å²) in [5, 5.41) is 9.98. The van der Waals surface area contributed by atoms with Gasteiger partial charge in [0.2, 0.25) is 5.91 Å². The smallest absolute Gasteiger partial charge is 0.238 e. The molecule has 0 radical (unpaired) electrons. The number of fused-ring (bicyclic) bond motifs is 5. The van der Waals surface area contributed by atoms with Gasteiger partial charge in [0.25, 0.3) is 0 Å². The number of carbonyl (C=O) groups is 1. The highest BCUT2D eigenvalue weighted by atomic mass is 16.5. The molecule has 6 nitrogen and oxygen atoms in total. The van der Waals surface area contributed by atoms with E-state index in [2.05, 4.69) is 20.4 Å². The maximum absolute atomic E-state index is 12.2. The average Bonchev–Trinajstić information content (AvgIpc) is 3.16. The number of aromatic nitrogens is 2. The first-order chi connectivity index (χ1) is 10.1. The molecule has 114 valence electrons. The van der Waals surface area contributed by atoms with Gasteiger partial charge in [-0.25, -0.2) is 0 Å². The fourth-order valence-electron chi connectivity index (χ4n) is 4.29. The van der Waals surface area contributed by atoms with Crippen molar-refractivity contribution in [2.24, 2.45) is 11.8 Å². The molecule has 0 unspecified atom stereocenters. The van der Waals surface area contributed by atoms with Gasteiger partial charge < -0.3 is 10.1 Å². The van der Waals surface area contributed by atoms with Crippen molar-refractivity contribution in [1.29, 1.82) is 0 Å². The van der Waals surface area contributed by atoms with Crippen molar-refractivity contribution in [1.82, 2.24) is 15.1 Å². The van der Waals surface area contributed by atoms with Crippen LogP contribution in [0.1, 0.15) is 24.2 Å². The molecule has 2 N–H and O–H groups in total. The normalized spacial score (nSPS) is 34.4. The van der Waals surface area contributed by atoms with E-state index in [0.717, 1.165) is 30.2 Å². The monoisotopic (exact) mass is 290 g/mol. The van der Waals surface area contributed by atoms with Crippen molar-refractivity contribution in [3.05, 3.63) is 11.4 Å². The Balaban J connectivity index is 1.36. The van der Waals surface area contributed by atoms with E-state index in [4.69, 9.17) is 4.74 Å². The summed E-state index contributed by atoms with van der Waals surface area (Å²) in [7, 11) is 0. The number of likely N-dealkylation sites (tertiary alicyclic amines) is 1. The summed E-state index contributed by atoms with van der Waals surface area (Å²) in [6, 6.07) is 0. The third kappa shape index (κ3) is 2.17. The standard InChI is InChI=1S/C15H22N4O2/c1-8-15(9(2)18-17-8)16-14(20)7-19-5-10-11(6-19)13-4-3-12(10)21-13/h10-13H,3-7H2,1-2H3,(H,16,20)(H,17,18)/t10-,11-,12-,13-/m1/s1. The Morgan fingerprint density at radius 3 is 2.57 bits per heavy atom. The molecule has 2 bridgehead atoms. The van der Waals surface area contributed by atoms with Crippen LogP contribution >= 0.6 is 0 Å². The lowest BCUT2D eigenvalue weighted by Gasteiger charge is -2.18. The Morgan fingerprint density at radius 1 is 1.33 bits per heavy atom. The Morgan fingerprint density at radius 2 is 2.00 bits per heavy atom. The number of aryl methyl sites for hydroxylation is 2. The maximum atomic E-state index is 12.2. The molecule has 3 saturated heterocycles. The zero-order chi connectivity index (χ0) is 14.6. The summed E-state index contributed by atoms with van der Waals surface area (Å²) in [5.41, 5.74) is 2.57. The van der Waals surface area contributed by atoms with Crippen LogP contribution in [0.4, 0.5) is 5.69 Å². The SMILES string of the molecule is Cc1n[nH]c(C)c1NC(=O)CN1C[C@@H]2[C@@H](C1)[C@H]1CC[C@H]2O1. The van der Waals surface area contributed by atoms with Crippen LogP contribution in [0.2, 0.25) is 0 Å². The van der Waals surface area contributed by atoms with Gasteiger partial charge in [-0.05, 0) is 26.7 Å². The number of rotatable bonds is 3. The molecular weight excluding hydrogens is 268 g/mol. The van der Waals surface area contributed by atoms with E-state index in [-0.39, 0.29) is 5.91 Å². The molecule has 0 spiro atoms. The molecule has 4 atom stereocenters. The number of amides is 1. The summed E-state index contributed by atoms with van der Waals surface area (Å²) in [4.78, 5) is 14.5. The van der Waals surface area contributed by atoms with Crippen LogP contribution in [-0.4, -0.2) is 52.8 Å². The molecule has 4 heterocycles. The molecule has 1 aromatic rings. The predicted octanol–water partition coefficient (Wildman–Crippen LogP) is 1.07. The molecule has 21 heavy (non-hydrogen) atoms. The number of H-pyrrole nitrogens is 1. The van der Waals surface area contributed by atoms with Gasteiger partial charge >= 0.3 is 0 Å². The van der Waals surface area contributed by atoms with Crippen LogP contribution in [0.3, 0.4) is 0 Å². The Labute approximate surface area is 124 Å².